The molecule has 0 fully saturated rings. The molecule has 0 amide bonds. The first kappa shape index (κ1) is 18.6. The molecule has 21 heavy (non-hydrogen) atoms. The quantitative estimate of drug-likeness (QED) is 0.753. The van der Waals surface area contributed by atoms with E-state index in [9.17, 15) is 8.42 Å². The molecule has 0 saturated heterocycles. The van der Waals surface area contributed by atoms with Gasteiger partial charge in [-0.15, -0.1) is 0 Å². The Kier molecular flexibility index (Phi) is 7.29. The van der Waals surface area contributed by atoms with Crippen molar-refractivity contribution in [2.24, 2.45) is 0 Å². The molecule has 0 heterocycles. The lowest BCUT2D eigenvalue weighted by atomic mass is 10.2. The highest BCUT2D eigenvalue weighted by Gasteiger charge is 2.23. The summed E-state index contributed by atoms with van der Waals surface area (Å²) < 4.78 is 32.3. The van der Waals surface area contributed by atoms with Gasteiger partial charge in [0.25, 0.3) is 0 Å². The van der Waals surface area contributed by atoms with Crippen molar-refractivity contribution in [1.29, 1.82) is 0 Å². The Bertz CT molecular complexity index is 561. The number of benzene rings is 1. The van der Waals surface area contributed by atoms with Crippen LogP contribution in [-0.4, -0.2) is 46.1 Å². The molecule has 0 spiro atoms. The van der Waals surface area contributed by atoms with Gasteiger partial charge in [-0.1, -0.05) is 6.07 Å². The SMILES string of the molecule is CNCc1ccc(S(=O)(=O)N(C)CCOC(C)C)c(Br)c1. The molecule has 1 rings (SSSR count). The van der Waals surface area contributed by atoms with E-state index >= 15 is 0 Å². The Balaban J connectivity index is 2.86. The summed E-state index contributed by atoms with van der Waals surface area (Å²) in [5, 5.41) is 3.03. The van der Waals surface area contributed by atoms with Crippen LogP contribution in [0.25, 0.3) is 0 Å². The third kappa shape index (κ3) is 5.34. The molecule has 7 heteroatoms. The van der Waals surface area contributed by atoms with Crippen molar-refractivity contribution >= 4 is 26.0 Å². The van der Waals surface area contributed by atoms with E-state index in [0.717, 1.165) is 5.56 Å². The lowest BCUT2D eigenvalue weighted by Gasteiger charge is -2.19. The molecule has 1 aromatic carbocycles. The van der Waals surface area contributed by atoms with Gasteiger partial charge < -0.3 is 10.1 Å². The van der Waals surface area contributed by atoms with Crippen molar-refractivity contribution in [2.75, 3.05) is 27.2 Å². The molecule has 0 radical (unpaired) electrons. The van der Waals surface area contributed by atoms with Crippen LogP contribution in [0.2, 0.25) is 0 Å². The van der Waals surface area contributed by atoms with Crippen LogP contribution >= 0.6 is 15.9 Å². The van der Waals surface area contributed by atoms with Crippen molar-refractivity contribution in [3.63, 3.8) is 0 Å². The topological polar surface area (TPSA) is 58.6 Å². The average molecular weight is 379 g/mol. The molecule has 5 nitrogen and oxygen atoms in total. The van der Waals surface area contributed by atoms with E-state index in [-0.39, 0.29) is 11.0 Å². The second-order valence-corrected chi connectivity index (χ2v) is 7.91. The van der Waals surface area contributed by atoms with Crippen LogP contribution in [0.1, 0.15) is 19.4 Å². The Morgan fingerprint density at radius 3 is 2.57 bits per heavy atom. The number of halogens is 1. The van der Waals surface area contributed by atoms with E-state index < -0.39 is 10.0 Å². The molecule has 120 valence electrons. The first-order valence-corrected chi connectivity index (χ1v) is 9.03. The molecule has 1 aromatic rings. The molecule has 0 saturated carbocycles. The number of hydrogen-bond acceptors (Lipinski definition) is 4. The van der Waals surface area contributed by atoms with Crippen molar-refractivity contribution < 1.29 is 13.2 Å². The molecule has 0 atom stereocenters. The number of nitrogens with one attached hydrogen (secondary N) is 1. The maximum atomic E-state index is 12.5. The Hall–Kier alpha value is -0.470. The molecular formula is C14H23BrN2O3S. The first-order valence-electron chi connectivity index (χ1n) is 6.80. The number of hydrogen-bond donors (Lipinski definition) is 1. The molecule has 1 N–H and O–H groups in total. The summed E-state index contributed by atoms with van der Waals surface area (Å²) in [5.74, 6) is 0. The van der Waals surface area contributed by atoms with Crippen LogP contribution < -0.4 is 5.32 Å². The van der Waals surface area contributed by atoms with Gasteiger partial charge in [0.05, 0.1) is 17.6 Å². The molecule has 0 unspecified atom stereocenters. The number of sulfonamides is 1. The molecule has 0 aromatic heterocycles. The minimum absolute atomic E-state index is 0.0914. The number of nitrogens with zero attached hydrogens (tertiary/aromatic N) is 1. The summed E-state index contributed by atoms with van der Waals surface area (Å²) >= 11 is 3.35. The maximum Gasteiger partial charge on any atom is 0.244 e. The van der Waals surface area contributed by atoms with E-state index in [1.165, 1.54) is 4.31 Å². The fraction of sp³-hybridized carbons (Fsp3) is 0.571. The molecule has 0 bridgehead atoms. The number of likely N-dealkylation sites (N-methyl/N-ethyl adjacent to an activating group) is 1. The third-order valence-corrected chi connectivity index (χ3v) is 5.76. The standard InChI is InChI=1S/C14H23BrN2O3S/c1-11(2)20-8-7-17(4)21(18,19)14-6-5-12(10-16-3)9-13(14)15/h5-6,9,11,16H,7-8,10H2,1-4H3. The van der Waals surface area contributed by atoms with Crippen molar-refractivity contribution in [1.82, 2.24) is 9.62 Å². The van der Waals surface area contributed by atoms with Crippen LogP contribution in [0.4, 0.5) is 0 Å². The van der Waals surface area contributed by atoms with E-state index in [2.05, 4.69) is 21.2 Å². The largest absolute Gasteiger partial charge is 0.377 e. The van der Waals surface area contributed by atoms with Gasteiger partial charge in [0.1, 0.15) is 0 Å². The molecular weight excluding hydrogens is 356 g/mol. The van der Waals surface area contributed by atoms with Gasteiger partial charge in [-0.2, -0.15) is 4.31 Å². The predicted octanol–water partition coefficient (Wildman–Crippen LogP) is 2.21. The van der Waals surface area contributed by atoms with Gasteiger partial charge in [0.2, 0.25) is 10.0 Å². The maximum absolute atomic E-state index is 12.5. The van der Waals surface area contributed by atoms with Gasteiger partial charge in [-0.25, -0.2) is 8.42 Å². The molecule has 0 aliphatic carbocycles. The van der Waals surface area contributed by atoms with Gasteiger partial charge in [0, 0.05) is 24.6 Å². The monoisotopic (exact) mass is 378 g/mol. The Morgan fingerprint density at radius 1 is 1.38 bits per heavy atom. The predicted molar refractivity (Wildman–Crippen MR) is 87.8 cm³/mol. The summed E-state index contributed by atoms with van der Waals surface area (Å²) in [6, 6.07) is 5.26. The van der Waals surface area contributed by atoms with Gasteiger partial charge in [0.15, 0.2) is 0 Å². The van der Waals surface area contributed by atoms with Crippen molar-refractivity contribution in [3.05, 3.63) is 28.2 Å². The van der Waals surface area contributed by atoms with E-state index in [4.69, 9.17) is 4.74 Å². The third-order valence-electron chi connectivity index (χ3n) is 2.92. The summed E-state index contributed by atoms with van der Waals surface area (Å²) in [6.45, 7) is 5.24. The van der Waals surface area contributed by atoms with E-state index in [1.54, 1.807) is 13.1 Å². The van der Waals surface area contributed by atoms with Crippen LogP contribution in [0.15, 0.2) is 27.6 Å². The molecule has 0 aliphatic heterocycles. The highest BCUT2D eigenvalue weighted by atomic mass is 79.9. The van der Waals surface area contributed by atoms with Crippen molar-refractivity contribution in [3.8, 4) is 0 Å². The van der Waals surface area contributed by atoms with Gasteiger partial charge >= 0.3 is 0 Å². The van der Waals surface area contributed by atoms with E-state index in [0.29, 0.717) is 24.2 Å². The highest BCUT2D eigenvalue weighted by Crippen LogP contribution is 2.25. The summed E-state index contributed by atoms with van der Waals surface area (Å²) in [5.41, 5.74) is 1.02. The number of rotatable bonds is 8. The van der Waals surface area contributed by atoms with Crippen molar-refractivity contribution in [2.45, 2.75) is 31.4 Å². The average Bonchev–Trinajstić information content (AvgIpc) is 2.38. The molecule has 0 aliphatic rings. The minimum Gasteiger partial charge on any atom is -0.377 e. The number of ether oxygens (including phenoxy) is 1. The van der Waals surface area contributed by atoms with Crippen LogP contribution in [0.5, 0.6) is 0 Å². The Labute approximate surface area is 135 Å². The summed E-state index contributed by atoms with van der Waals surface area (Å²) in [7, 11) is -0.103. The van der Waals surface area contributed by atoms with Gasteiger partial charge in [-0.3, -0.25) is 0 Å². The second kappa shape index (κ2) is 8.24. The first-order chi connectivity index (χ1) is 9.78. The highest BCUT2D eigenvalue weighted by molar-refractivity contribution is 9.10. The second-order valence-electron chi connectivity index (χ2n) is 5.04. The minimum atomic E-state index is -3.51. The summed E-state index contributed by atoms with van der Waals surface area (Å²) in [4.78, 5) is 0.273. The van der Waals surface area contributed by atoms with Crippen LogP contribution in [0.3, 0.4) is 0 Å². The van der Waals surface area contributed by atoms with E-state index in [1.807, 2.05) is 33.0 Å². The van der Waals surface area contributed by atoms with Crippen LogP contribution in [0, 0.1) is 0 Å². The lowest BCUT2D eigenvalue weighted by Crippen LogP contribution is -2.31. The summed E-state index contributed by atoms with van der Waals surface area (Å²) in [6.07, 6.45) is 0.0914. The lowest BCUT2D eigenvalue weighted by molar-refractivity contribution is 0.0737. The zero-order valence-electron chi connectivity index (χ0n) is 12.9. The zero-order chi connectivity index (χ0) is 16.0. The Morgan fingerprint density at radius 2 is 2.05 bits per heavy atom. The smallest absolute Gasteiger partial charge is 0.244 e. The normalized spacial score (nSPS) is 12.3. The van der Waals surface area contributed by atoms with Gasteiger partial charge in [-0.05, 0) is 54.5 Å². The fourth-order valence-electron chi connectivity index (χ4n) is 1.77. The zero-order valence-corrected chi connectivity index (χ0v) is 15.3. The van der Waals surface area contributed by atoms with Crippen LogP contribution in [-0.2, 0) is 21.3 Å². The fourth-order valence-corrected chi connectivity index (χ4v) is 4.01.